The molecule has 160 valence electrons. The summed E-state index contributed by atoms with van der Waals surface area (Å²) in [5, 5.41) is 11.7. The molecule has 0 saturated heterocycles. The molecule has 30 heavy (non-hydrogen) atoms. The zero-order valence-corrected chi connectivity index (χ0v) is 16.4. The van der Waals surface area contributed by atoms with Crippen LogP contribution in [0.5, 0.6) is 11.5 Å². The number of anilines is 1. The fourth-order valence-electron chi connectivity index (χ4n) is 3.81. The summed E-state index contributed by atoms with van der Waals surface area (Å²) in [7, 11) is 1.37. The van der Waals surface area contributed by atoms with Crippen LogP contribution < -0.4 is 14.8 Å². The number of alkyl halides is 3. The number of hydrogen-bond donors (Lipinski definition) is 1. The number of imidazole rings is 1. The van der Waals surface area contributed by atoms with E-state index >= 15 is 0 Å². The van der Waals surface area contributed by atoms with Crippen molar-refractivity contribution in [3.8, 4) is 22.8 Å². The lowest BCUT2D eigenvalue weighted by molar-refractivity contribution is -0.274. The number of nitrogens with zero attached hydrogens (tertiary/aromatic N) is 4. The van der Waals surface area contributed by atoms with Crippen molar-refractivity contribution in [1.29, 1.82) is 0 Å². The van der Waals surface area contributed by atoms with Gasteiger partial charge in [-0.25, -0.2) is 4.98 Å². The van der Waals surface area contributed by atoms with Crippen LogP contribution in [0.2, 0.25) is 0 Å². The van der Waals surface area contributed by atoms with Crippen molar-refractivity contribution in [2.75, 3.05) is 19.0 Å². The first kappa shape index (κ1) is 20.2. The number of ether oxygens (including phenoxy) is 2. The predicted molar refractivity (Wildman–Crippen MR) is 105 cm³/mol. The third kappa shape index (κ3) is 4.42. The Hall–Kier alpha value is -3.04. The third-order valence-corrected chi connectivity index (χ3v) is 5.30. The van der Waals surface area contributed by atoms with Gasteiger partial charge in [0.1, 0.15) is 23.5 Å². The summed E-state index contributed by atoms with van der Waals surface area (Å²) in [6, 6.07) is 4.18. The Labute approximate surface area is 171 Å². The summed E-state index contributed by atoms with van der Waals surface area (Å²) >= 11 is 0. The summed E-state index contributed by atoms with van der Waals surface area (Å²) in [4.78, 5) is 4.14. The molecule has 0 unspecified atom stereocenters. The Morgan fingerprint density at radius 3 is 2.70 bits per heavy atom. The minimum atomic E-state index is -4.85. The smallest absolute Gasteiger partial charge is 0.497 e. The molecule has 0 aliphatic heterocycles. The largest absolute Gasteiger partial charge is 0.573 e. The Bertz CT molecular complexity index is 1020. The Morgan fingerprint density at radius 2 is 1.97 bits per heavy atom. The predicted octanol–water partition coefficient (Wildman–Crippen LogP) is 4.69. The number of benzene rings is 1. The molecule has 0 amide bonds. The molecular weight excluding hydrogens is 399 g/mol. The van der Waals surface area contributed by atoms with E-state index in [1.165, 1.54) is 57.5 Å². The van der Waals surface area contributed by atoms with Crippen LogP contribution in [0.25, 0.3) is 16.8 Å². The minimum absolute atomic E-state index is 0.143. The zero-order valence-electron chi connectivity index (χ0n) is 16.4. The van der Waals surface area contributed by atoms with Gasteiger partial charge in [0.15, 0.2) is 0 Å². The minimum Gasteiger partial charge on any atom is -0.497 e. The van der Waals surface area contributed by atoms with Gasteiger partial charge >= 0.3 is 6.36 Å². The first-order valence-electron chi connectivity index (χ1n) is 9.81. The van der Waals surface area contributed by atoms with Crippen molar-refractivity contribution in [2.45, 2.75) is 38.5 Å². The second-order valence-corrected chi connectivity index (χ2v) is 7.32. The van der Waals surface area contributed by atoms with E-state index in [0.29, 0.717) is 17.4 Å². The van der Waals surface area contributed by atoms with Gasteiger partial charge in [-0.15, -0.1) is 23.4 Å². The molecule has 7 nitrogen and oxygen atoms in total. The third-order valence-electron chi connectivity index (χ3n) is 5.30. The molecule has 1 fully saturated rings. The highest BCUT2D eigenvalue weighted by molar-refractivity contribution is 5.81. The van der Waals surface area contributed by atoms with Crippen molar-refractivity contribution in [2.24, 2.45) is 5.92 Å². The Kier molecular flexibility index (Phi) is 5.65. The molecular formula is C20H22F3N5O2. The first-order valence-corrected chi connectivity index (χ1v) is 9.81. The molecule has 1 aromatic carbocycles. The van der Waals surface area contributed by atoms with Crippen molar-refractivity contribution in [3.05, 3.63) is 30.7 Å². The van der Waals surface area contributed by atoms with Crippen molar-refractivity contribution >= 4 is 11.5 Å². The number of methoxy groups -OCH3 is 1. The molecule has 0 bridgehead atoms. The molecule has 4 rings (SSSR count). The number of halogens is 3. The van der Waals surface area contributed by atoms with E-state index < -0.39 is 12.1 Å². The Morgan fingerprint density at radius 1 is 1.17 bits per heavy atom. The van der Waals surface area contributed by atoms with Gasteiger partial charge in [0.25, 0.3) is 0 Å². The van der Waals surface area contributed by atoms with Crippen LogP contribution >= 0.6 is 0 Å². The van der Waals surface area contributed by atoms with Crippen molar-refractivity contribution < 1.29 is 22.6 Å². The molecule has 2 aromatic heterocycles. The maximum atomic E-state index is 12.9. The van der Waals surface area contributed by atoms with E-state index in [-0.39, 0.29) is 17.0 Å². The van der Waals surface area contributed by atoms with Gasteiger partial charge in [-0.2, -0.15) is 0 Å². The lowest BCUT2D eigenvalue weighted by Crippen LogP contribution is -2.19. The lowest BCUT2D eigenvalue weighted by atomic mass is 9.89. The van der Waals surface area contributed by atoms with E-state index in [1.807, 2.05) is 0 Å². The van der Waals surface area contributed by atoms with E-state index in [0.717, 1.165) is 6.54 Å². The summed E-state index contributed by atoms with van der Waals surface area (Å²) in [5.74, 6) is 0.902. The molecule has 1 aliphatic carbocycles. The highest BCUT2D eigenvalue weighted by atomic mass is 19.4. The lowest BCUT2D eigenvalue weighted by Gasteiger charge is -2.22. The molecule has 10 heteroatoms. The highest BCUT2D eigenvalue weighted by Gasteiger charge is 2.33. The van der Waals surface area contributed by atoms with Crippen LogP contribution in [0.1, 0.15) is 32.1 Å². The summed E-state index contributed by atoms with van der Waals surface area (Å²) in [6.07, 6.45) is 4.34. The van der Waals surface area contributed by atoms with Gasteiger partial charge in [0, 0.05) is 18.2 Å². The van der Waals surface area contributed by atoms with Gasteiger partial charge in [-0.3, -0.25) is 4.40 Å². The van der Waals surface area contributed by atoms with Gasteiger partial charge < -0.3 is 14.8 Å². The number of rotatable bonds is 6. The molecule has 1 aliphatic rings. The standard InChI is InChI=1S/C20H22F3N5O2/c1-29-14-7-8-15(17(9-14)30-20(21,22)23)18-16-11-24-12-28(16)19(27-26-18)25-10-13-5-3-2-4-6-13/h7-9,11-13H,2-6,10H2,1H3,(H,25,27). The molecule has 1 saturated carbocycles. The fraction of sp³-hybridized carbons (Fsp3) is 0.450. The maximum absolute atomic E-state index is 12.9. The zero-order chi connectivity index (χ0) is 21.1. The molecule has 0 spiro atoms. The quantitative estimate of drug-likeness (QED) is 0.623. The van der Waals surface area contributed by atoms with Crippen LogP contribution in [-0.4, -0.2) is 39.6 Å². The number of aromatic nitrogens is 4. The molecule has 3 aromatic rings. The second-order valence-electron chi connectivity index (χ2n) is 7.32. The average molecular weight is 421 g/mol. The fourth-order valence-corrected chi connectivity index (χ4v) is 3.81. The van der Waals surface area contributed by atoms with Crippen LogP contribution in [0.15, 0.2) is 30.7 Å². The van der Waals surface area contributed by atoms with Crippen LogP contribution in [0, 0.1) is 5.92 Å². The second kappa shape index (κ2) is 8.37. The number of hydrogen-bond acceptors (Lipinski definition) is 6. The number of nitrogens with one attached hydrogen (secondary N) is 1. The van der Waals surface area contributed by atoms with Crippen LogP contribution in [0.3, 0.4) is 0 Å². The van der Waals surface area contributed by atoms with Gasteiger partial charge in [0.2, 0.25) is 5.95 Å². The SMILES string of the molecule is COc1ccc(-c2nnc(NCC3CCCCC3)n3cncc23)c(OC(F)(F)F)c1. The monoisotopic (exact) mass is 421 g/mol. The van der Waals surface area contributed by atoms with Crippen molar-refractivity contribution in [3.63, 3.8) is 0 Å². The molecule has 2 heterocycles. The average Bonchev–Trinajstić information content (AvgIpc) is 3.22. The summed E-state index contributed by atoms with van der Waals surface area (Å²) in [5.41, 5.74) is 0.899. The van der Waals surface area contributed by atoms with E-state index in [2.05, 4.69) is 25.2 Å². The number of fused-ring (bicyclic) bond motifs is 1. The first-order chi connectivity index (χ1) is 14.4. The van der Waals surface area contributed by atoms with Crippen LogP contribution in [0.4, 0.5) is 19.1 Å². The molecule has 0 atom stereocenters. The van der Waals surface area contributed by atoms with Gasteiger partial charge in [0.05, 0.1) is 18.8 Å². The van der Waals surface area contributed by atoms with Gasteiger partial charge in [-0.05, 0) is 30.9 Å². The Balaban J connectivity index is 1.68. The molecule has 0 radical (unpaired) electrons. The van der Waals surface area contributed by atoms with Crippen LogP contribution in [-0.2, 0) is 0 Å². The molecule has 1 N–H and O–H groups in total. The topological polar surface area (TPSA) is 73.6 Å². The maximum Gasteiger partial charge on any atom is 0.573 e. The normalized spacial score (nSPS) is 15.3. The summed E-state index contributed by atoms with van der Waals surface area (Å²) < 4.78 is 49.8. The van der Waals surface area contributed by atoms with E-state index in [4.69, 9.17) is 4.74 Å². The summed E-state index contributed by atoms with van der Waals surface area (Å²) in [6.45, 7) is 0.770. The van der Waals surface area contributed by atoms with E-state index in [9.17, 15) is 13.2 Å². The van der Waals surface area contributed by atoms with E-state index in [1.54, 1.807) is 16.8 Å². The van der Waals surface area contributed by atoms with Gasteiger partial charge in [-0.1, -0.05) is 19.3 Å². The van der Waals surface area contributed by atoms with Crippen molar-refractivity contribution in [1.82, 2.24) is 19.6 Å². The highest BCUT2D eigenvalue weighted by Crippen LogP contribution is 2.37.